The molecule has 98 valence electrons. The first-order chi connectivity index (χ1) is 8.61. The van der Waals surface area contributed by atoms with E-state index in [4.69, 9.17) is 17.3 Å². The van der Waals surface area contributed by atoms with E-state index in [-0.39, 0.29) is 6.42 Å². The topological polar surface area (TPSA) is 61.4 Å². The van der Waals surface area contributed by atoms with Crippen LogP contribution in [0.4, 0.5) is 5.69 Å². The molecule has 0 spiro atoms. The maximum atomic E-state index is 10.5. The van der Waals surface area contributed by atoms with Crippen molar-refractivity contribution in [1.82, 2.24) is 5.32 Å². The van der Waals surface area contributed by atoms with Gasteiger partial charge in [-0.1, -0.05) is 25.5 Å². The smallest absolute Gasteiger partial charge is 0.307 e. The summed E-state index contributed by atoms with van der Waals surface area (Å²) < 4.78 is 0. The number of rotatable bonds is 6. The number of thiocarbonyl (C=S) groups is 1. The van der Waals surface area contributed by atoms with E-state index >= 15 is 0 Å². The molecule has 18 heavy (non-hydrogen) atoms. The summed E-state index contributed by atoms with van der Waals surface area (Å²) in [5, 5.41) is 15.4. The number of hydrogen-bond donors (Lipinski definition) is 3. The normalized spacial score (nSPS) is 9.83. The average Bonchev–Trinajstić information content (AvgIpc) is 2.31. The molecular formula is C13H18N2O2S. The van der Waals surface area contributed by atoms with Crippen LogP contribution in [-0.2, 0) is 11.2 Å². The average molecular weight is 266 g/mol. The van der Waals surface area contributed by atoms with E-state index in [1.54, 1.807) is 12.1 Å². The Bertz CT molecular complexity index is 404. The van der Waals surface area contributed by atoms with Gasteiger partial charge in [0, 0.05) is 12.2 Å². The van der Waals surface area contributed by atoms with Gasteiger partial charge in [-0.3, -0.25) is 4.79 Å². The van der Waals surface area contributed by atoms with Crippen molar-refractivity contribution in [2.24, 2.45) is 0 Å². The predicted molar refractivity (Wildman–Crippen MR) is 76.9 cm³/mol. The molecule has 0 fully saturated rings. The van der Waals surface area contributed by atoms with Gasteiger partial charge < -0.3 is 15.7 Å². The maximum Gasteiger partial charge on any atom is 0.307 e. The summed E-state index contributed by atoms with van der Waals surface area (Å²) in [6.45, 7) is 2.98. The molecule has 0 bridgehead atoms. The summed E-state index contributed by atoms with van der Waals surface area (Å²) in [5.74, 6) is -0.826. The van der Waals surface area contributed by atoms with Crippen molar-refractivity contribution in [1.29, 1.82) is 0 Å². The second-order valence-corrected chi connectivity index (χ2v) is 4.41. The zero-order valence-corrected chi connectivity index (χ0v) is 11.2. The second kappa shape index (κ2) is 7.66. The molecule has 0 heterocycles. The van der Waals surface area contributed by atoms with Gasteiger partial charge >= 0.3 is 5.97 Å². The molecule has 0 atom stereocenters. The summed E-state index contributed by atoms with van der Waals surface area (Å²) in [5.41, 5.74) is 1.64. The lowest BCUT2D eigenvalue weighted by atomic mass is 10.1. The van der Waals surface area contributed by atoms with Gasteiger partial charge in [0.1, 0.15) is 0 Å². The lowest BCUT2D eigenvalue weighted by molar-refractivity contribution is -0.136. The molecule has 0 aliphatic carbocycles. The molecule has 0 aliphatic heterocycles. The molecule has 0 radical (unpaired) electrons. The van der Waals surface area contributed by atoms with Gasteiger partial charge in [-0.2, -0.15) is 0 Å². The van der Waals surface area contributed by atoms with Gasteiger partial charge in [0.05, 0.1) is 6.42 Å². The monoisotopic (exact) mass is 266 g/mol. The van der Waals surface area contributed by atoms with Gasteiger partial charge in [-0.25, -0.2) is 0 Å². The van der Waals surface area contributed by atoms with E-state index in [1.807, 2.05) is 12.1 Å². The number of benzene rings is 1. The van der Waals surface area contributed by atoms with Crippen LogP contribution in [0, 0.1) is 0 Å². The summed E-state index contributed by atoms with van der Waals surface area (Å²) in [7, 11) is 0. The number of anilines is 1. The van der Waals surface area contributed by atoms with Crippen LogP contribution >= 0.6 is 12.2 Å². The van der Waals surface area contributed by atoms with Gasteiger partial charge in [0.15, 0.2) is 5.11 Å². The lowest BCUT2D eigenvalue weighted by Gasteiger charge is -2.10. The van der Waals surface area contributed by atoms with E-state index in [9.17, 15) is 4.79 Å². The molecule has 1 aromatic carbocycles. The SMILES string of the molecule is CCCCNC(=S)Nc1ccc(CC(=O)O)cc1. The molecule has 0 unspecified atom stereocenters. The Hall–Kier alpha value is -1.62. The molecule has 0 aromatic heterocycles. The second-order valence-electron chi connectivity index (χ2n) is 4.00. The van der Waals surface area contributed by atoms with E-state index in [2.05, 4.69) is 17.6 Å². The number of aliphatic carboxylic acids is 1. The molecule has 0 amide bonds. The number of carboxylic acids is 1. The first kappa shape index (κ1) is 14.4. The zero-order chi connectivity index (χ0) is 13.4. The minimum atomic E-state index is -0.826. The summed E-state index contributed by atoms with van der Waals surface area (Å²) >= 11 is 5.14. The van der Waals surface area contributed by atoms with Gasteiger partial charge in [-0.05, 0) is 36.3 Å². The maximum absolute atomic E-state index is 10.5. The van der Waals surface area contributed by atoms with Crippen LogP contribution < -0.4 is 10.6 Å². The van der Waals surface area contributed by atoms with Crippen molar-refractivity contribution >= 4 is 29.0 Å². The van der Waals surface area contributed by atoms with E-state index < -0.39 is 5.97 Å². The third-order valence-corrected chi connectivity index (χ3v) is 2.63. The van der Waals surface area contributed by atoms with Gasteiger partial charge in [0.2, 0.25) is 0 Å². The van der Waals surface area contributed by atoms with E-state index in [0.29, 0.717) is 5.11 Å². The molecule has 0 saturated carbocycles. The fraction of sp³-hybridized carbons (Fsp3) is 0.385. The summed E-state index contributed by atoms with van der Waals surface area (Å²) in [4.78, 5) is 10.5. The Morgan fingerprint density at radius 2 is 2.00 bits per heavy atom. The highest BCUT2D eigenvalue weighted by atomic mass is 32.1. The Balaban J connectivity index is 2.43. The Morgan fingerprint density at radius 3 is 2.56 bits per heavy atom. The van der Waals surface area contributed by atoms with Crippen molar-refractivity contribution in [3.8, 4) is 0 Å². The highest BCUT2D eigenvalue weighted by Crippen LogP contribution is 2.10. The fourth-order valence-electron chi connectivity index (χ4n) is 1.43. The van der Waals surface area contributed by atoms with Crippen molar-refractivity contribution in [2.75, 3.05) is 11.9 Å². The Kier molecular flexibility index (Phi) is 6.14. The number of nitrogens with one attached hydrogen (secondary N) is 2. The summed E-state index contributed by atoms with van der Waals surface area (Å²) in [6, 6.07) is 7.22. The van der Waals surface area contributed by atoms with Crippen molar-refractivity contribution in [3.05, 3.63) is 29.8 Å². The molecule has 0 saturated heterocycles. The van der Waals surface area contributed by atoms with Crippen LogP contribution in [-0.4, -0.2) is 22.7 Å². The molecule has 1 aromatic rings. The highest BCUT2D eigenvalue weighted by molar-refractivity contribution is 7.80. The molecule has 0 aliphatic rings. The number of unbranched alkanes of at least 4 members (excludes halogenated alkanes) is 1. The van der Waals surface area contributed by atoms with Crippen molar-refractivity contribution < 1.29 is 9.90 Å². The van der Waals surface area contributed by atoms with E-state index in [0.717, 1.165) is 30.6 Å². The zero-order valence-electron chi connectivity index (χ0n) is 10.4. The van der Waals surface area contributed by atoms with Gasteiger partial charge in [0.25, 0.3) is 0 Å². The van der Waals surface area contributed by atoms with Gasteiger partial charge in [-0.15, -0.1) is 0 Å². The summed E-state index contributed by atoms with van der Waals surface area (Å²) in [6.07, 6.45) is 2.25. The van der Waals surface area contributed by atoms with Crippen LogP contribution in [0.3, 0.4) is 0 Å². The highest BCUT2D eigenvalue weighted by Gasteiger charge is 2.01. The predicted octanol–water partition coefficient (Wildman–Crippen LogP) is 2.40. The third kappa shape index (κ3) is 5.63. The Labute approximate surface area is 112 Å². The molecule has 1 rings (SSSR count). The lowest BCUT2D eigenvalue weighted by Crippen LogP contribution is -2.29. The van der Waals surface area contributed by atoms with Crippen LogP contribution in [0.25, 0.3) is 0 Å². The molecular weight excluding hydrogens is 248 g/mol. The first-order valence-electron chi connectivity index (χ1n) is 5.97. The number of carboxylic acid groups (broad SMARTS) is 1. The standard InChI is InChI=1S/C13H18N2O2S/c1-2-3-8-14-13(18)15-11-6-4-10(5-7-11)9-12(16)17/h4-7H,2-3,8-9H2,1H3,(H,16,17)(H2,14,15,18). The van der Waals surface area contributed by atoms with Crippen LogP contribution in [0.5, 0.6) is 0 Å². The van der Waals surface area contributed by atoms with Crippen LogP contribution in [0.1, 0.15) is 25.3 Å². The minimum Gasteiger partial charge on any atom is -0.481 e. The molecule has 5 heteroatoms. The van der Waals surface area contributed by atoms with Crippen molar-refractivity contribution in [2.45, 2.75) is 26.2 Å². The Morgan fingerprint density at radius 1 is 1.33 bits per heavy atom. The number of hydrogen-bond acceptors (Lipinski definition) is 2. The quantitative estimate of drug-likeness (QED) is 0.545. The van der Waals surface area contributed by atoms with Crippen molar-refractivity contribution in [3.63, 3.8) is 0 Å². The van der Waals surface area contributed by atoms with E-state index in [1.165, 1.54) is 0 Å². The molecule has 3 N–H and O–H groups in total. The van der Waals surface area contributed by atoms with Crippen LogP contribution in [0.2, 0.25) is 0 Å². The molecule has 4 nitrogen and oxygen atoms in total. The minimum absolute atomic E-state index is 0.0411. The number of carbonyl (C=O) groups is 1. The first-order valence-corrected chi connectivity index (χ1v) is 6.38. The van der Waals surface area contributed by atoms with Crippen LogP contribution in [0.15, 0.2) is 24.3 Å². The third-order valence-electron chi connectivity index (χ3n) is 2.38. The fourth-order valence-corrected chi connectivity index (χ4v) is 1.65. The largest absolute Gasteiger partial charge is 0.481 e.